The molecule has 58 valence electrons. The van der Waals surface area contributed by atoms with Gasteiger partial charge in [0.15, 0.2) is 0 Å². The standard InChI is InChI=1S/C10H7NS/c11-6-10-5-8-3-1-2-4-9(8)7-12-10/h1-5H,7H2. The molecular weight excluding hydrogens is 166 g/mol. The smallest absolute Gasteiger partial charge is 0.106 e. The van der Waals surface area contributed by atoms with Gasteiger partial charge in [-0.1, -0.05) is 24.3 Å². The van der Waals surface area contributed by atoms with Crippen molar-refractivity contribution in [2.24, 2.45) is 0 Å². The van der Waals surface area contributed by atoms with Crippen molar-refractivity contribution in [2.45, 2.75) is 5.75 Å². The van der Waals surface area contributed by atoms with Crippen molar-refractivity contribution in [2.75, 3.05) is 0 Å². The summed E-state index contributed by atoms with van der Waals surface area (Å²) in [7, 11) is 0. The van der Waals surface area contributed by atoms with E-state index in [1.807, 2.05) is 24.3 Å². The Morgan fingerprint density at radius 3 is 3.00 bits per heavy atom. The van der Waals surface area contributed by atoms with E-state index in [9.17, 15) is 0 Å². The molecule has 1 aromatic rings. The van der Waals surface area contributed by atoms with Gasteiger partial charge in [-0.25, -0.2) is 0 Å². The first-order valence-corrected chi connectivity index (χ1v) is 4.71. The quantitative estimate of drug-likeness (QED) is 0.602. The monoisotopic (exact) mass is 173 g/mol. The number of hydrogen-bond donors (Lipinski definition) is 0. The predicted octanol–water partition coefficient (Wildman–Crippen LogP) is 2.80. The molecule has 1 aliphatic rings. The van der Waals surface area contributed by atoms with Gasteiger partial charge >= 0.3 is 0 Å². The zero-order valence-corrected chi connectivity index (χ0v) is 7.27. The van der Waals surface area contributed by atoms with Crippen LogP contribution in [0.2, 0.25) is 0 Å². The largest absolute Gasteiger partial charge is 0.192 e. The summed E-state index contributed by atoms with van der Waals surface area (Å²) in [5.41, 5.74) is 2.51. The maximum atomic E-state index is 8.68. The molecule has 0 unspecified atom stereocenters. The minimum Gasteiger partial charge on any atom is -0.192 e. The number of rotatable bonds is 0. The molecule has 0 saturated heterocycles. The number of nitriles is 1. The average Bonchev–Trinajstić information content (AvgIpc) is 2.17. The van der Waals surface area contributed by atoms with Crippen LogP contribution in [0.4, 0.5) is 0 Å². The number of nitrogens with zero attached hydrogens (tertiary/aromatic N) is 1. The topological polar surface area (TPSA) is 23.8 Å². The zero-order valence-electron chi connectivity index (χ0n) is 6.45. The number of hydrogen-bond acceptors (Lipinski definition) is 2. The van der Waals surface area contributed by atoms with Crippen LogP contribution in [0.15, 0.2) is 29.2 Å². The number of allylic oxidation sites excluding steroid dienone is 1. The van der Waals surface area contributed by atoms with Gasteiger partial charge in [0.2, 0.25) is 0 Å². The highest BCUT2D eigenvalue weighted by Gasteiger charge is 2.08. The van der Waals surface area contributed by atoms with E-state index in [2.05, 4.69) is 12.1 Å². The Labute approximate surface area is 75.7 Å². The fourth-order valence-corrected chi connectivity index (χ4v) is 2.06. The van der Waals surface area contributed by atoms with Gasteiger partial charge in [-0.15, -0.1) is 11.8 Å². The fraction of sp³-hybridized carbons (Fsp3) is 0.100. The van der Waals surface area contributed by atoms with E-state index in [4.69, 9.17) is 5.26 Å². The Bertz CT molecular complexity index is 374. The normalized spacial score (nSPS) is 14.4. The lowest BCUT2D eigenvalue weighted by molar-refractivity contribution is 1.38. The molecule has 0 bridgehead atoms. The molecule has 1 aromatic carbocycles. The van der Waals surface area contributed by atoms with E-state index in [0.29, 0.717) is 0 Å². The molecule has 0 aliphatic carbocycles. The molecule has 0 aromatic heterocycles. The Kier molecular flexibility index (Phi) is 1.89. The molecule has 2 rings (SSSR count). The summed E-state index contributed by atoms with van der Waals surface area (Å²) in [5.74, 6) is 0.926. The van der Waals surface area contributed by atoms with Crippen LogP contribution >= 0.6 is 11.8 Å². The molecule has 0 N–H and O–H groups in total. The Balaban J connectivity index is 2.49. The summed E-state index contributed by atoms with van der Waals surface area (Å²) in [5, 5.41) is 8.68. The van der Waals surface area contributed by atoms with Gasteiger partial charge in [0, 0.05) is 5.75 Å². The van der Waals surface area contributed by atoms with Crippen LogP contribution < -0.4 is 0 Å². The Morgan fingerprint density at radius 2 is 2.17 bits per heavy atom. The van der Waals surface area contributed by atoms with Crippen LogP contribution in [0, 0.1) is 11.3 Å². The van der Waals surface area contributed by atoms with Crippen LogP contribution in [0.5, 0.6) is 0 Å². The van der Waals surface area contributed by atoms with Gasteiger partial charge < -0.3 is 0 Å². The average molecular weight is 173 g/mol. The molecule has 1 nitrogen and oxygen atoms in total. The van der Waals surface area contributed by atoms with Crippen LogP contribution in [-0.4, -0.2) is 0 Å². The van der Waals surface area contributed by atoms with Gasteiger partial charge in [0.1, 0.15) is 6.07 Å². The highest BCUT2D eigenvalue weighted by atomic mass is 32.2. The predicted molar refractivity (Wildman–Crippen MR) is 51.3 cm³/mol. The summed E-state index contributed by atoms with van der Waals surface area (Å²) in [6.07, 6.45) is 1.95. The first kappa shape index (κ1) is 7.45. The minimum atomic E-state index is 0.814. The van der Waals surface area contributed by atoms with Crippen molar-refractivity contribution >= 4 is 17.8 Å². The summed E-state index contributed by atoms with van der Waals surface area (Å²) >= 11 is 1.61. The van der Waals surface area contributed by atoms with E-state index in [1.165, 1.54) is 11.1 Å². The van der Waals surface area contributed by atoms with Gasteiger partial charge in [-0.2, -0.15) is 5.26 Å². The maximum Gasteiger partial charge on any atom is 0.106 e. The van der Waals surface area contributed by atoms with Gasteiger partial charge in [-0.3, -0.25) is 0 Å². The molecule has 2 heteroatoms. The van der Waals surface area contributed by atoms with E-state index in [1.54, 1.807) is 11.8 Å². The highest BCUT2D eigenvalue weighted by Crippen LogP contribution is 2.30. The first-order valence-electron chi connectivity index (χ1n) is 3.72. The molecular formula is C10H7NS. The Hall–Kier alpha value is -1.20. The van der Waals surface area contributed by atoms with Crippen LogP contribution in [0.25, 0.3) is 6.08 Å². The lowest BCUT2D eigenvalue weighted by Crippen LogP contribution is -1.91. The molecule has 0 saturated carbocycles. The summed E-state index contributed by atoms with van der Waals surface area (Å²) in [6.45, 7) is 0. The van der Waals surface area contributed by atoms with E-state index >= 15 is 0 Å². The second-order valence-corrected chi connectivity index (χ2v) is 3.63. The third kappa shape index (κ3) is 1.24. The van der Waals surface area contributed by atoms with Crippen molar-refractivity contribution in [3.63, 3.8) is 0 Å². The molecule has 0 atom stereocenters. The van der Waals surface area contributed by atoms with E-state index in [0.717, 1.165) is 10.7 Å². The van der Waals surface area contributed by atoms with Gasteiger partial charge in [0.05, 0.1) is 4.91 Å². The fourth-order valence-electron chi connectivity index (χ4n) is 1.21. The Morgan fingerprint density at radius 1 is 1.33 bits per heavy atom. The molecule has 0 fully saturated rings. The van der Waals surface area contributed by atoms with Crippen molar-refractivity contribution in [1.82, 2.24) is 0 Å². The number of fused-ring (bicyclic) bond motifs is 1. The maximum absolute atomic E-state index is 8.68. The number of benzene rings is 1. The molecule has 1 heterocycles. The highest BCUT2D eigenvalue weighted by molar-refractivity contribution is 8.02. The van der Waals surface area contributed by atoms with Gasteiger partial charge in [-0.05, 0) is 17.2 Å². The first-order chi connectivity index (χ1) is 5.90. The van der Waals surface area contributed by atoms with Crippen LogP contribution in [0.3, 0.4) is 0 Å². The van der Waals surface area contributed by atoms with Gasteiger partial charge in [0.25, 0.3) is 0 Å². The number of thioether (sulfide) groups is 1. The van der Waals surface area contributed by atoms with E-state index < -0.39 is 0 Å². The van der Waals surface area contributed by atoms with Crippen LogP contribution in [0.1, 0.15) is 11.1 Å². The molecule has 1 aliphatic heterocycles. The lowest BCUT2D eigenvalue weighted by Gasteiger charge is -2.10. The van der Waals surface area contributed by atoms with Crippen molar-refractivity contribution < 1.29 is 0 Å². The molecule has 0 spiro atoms. The van der Waals surface area contributed by atoms with Crippen molar-refractivity contribution in [3.05, 3.63) is 40.3 Å². The zero-order chi connectivity index (χ0) is 8.39. The molecule has 0 radical (unpaired) electrons. The second-order valence-electron chi connectivity index (χ2n) is 2.61. The SMILES string of the molecule is N#CC1=Cc2ccccc2CS1. The van der Waals surface area contributed by atoms with E-state index in [-0.39, 0.29) is 0 Å². The van der Waals surface area contributed by atoms with Crippen molar-refractivity contribution in [3.8, 4) is 6.07 Å². The minimum absolute atomic E-state index is 0.814. The molecule has 12 heavy (non-hydrogen) atoms. The lowest BCUT2D eigenvalue weighted by atomic mass is 10.1. The van der Waals surface area contributed by atoms with Crippen LogP contribution in [-0.2, 0) is 5.75 Å². The molecule has 0 amide bonds. The van der Waals surface area contributed by atoms with Crippen molar-refractivity contribution in [1.29, 1.82) is 5.26 Å². The summed E-state index contributed by atoms with van der Waals surface area (Å²) < 4.78 is 0. The summed E-state index contributed by atoms with van der Waals surface area (Å²) in [4.78, 5) is 0.814. The summed E-state index contributed by atoms with van der Waals surface area (Å²) in [6, 6.07) is 10.4. The third-order valence-electron chi connectivity index (χ3n) is 1.84. The second kappa shape index (κ2) is 3.04. The third-order valence-corrected chi connectivity index (χ3v) is 2.81.